The third-order valence-electron chi connectivity index (χ3n) is 5.80. The fourth-order valence-corrected chi connectivity index (χ4v) is 4.54. The topological polar surface area (TPSA) is 41.5 Å². The summed E-state index contributed by atoms with van der Waals surface area (Å²) in [5.74, 6) is 0.846. The minimum atomic E-state index is -0.676. The van der Waals surface area contributed by atoms with Gasteiger partial charge in [0.05, 0.1) is 5.60 Å². The van der Waals surface area contributed by atoms with Crippen LogP contribution < -0.4 is 5.32 Å². The molecule has 3 nitrogen and oxygen atoms in total. The molecule has 2 unspecified atom stereocenters. The van der Waals surface area contributed by atoms with Crippen LogP contribution in [0.15, 0.2) is 0 Å². The van der Waals surface area contributed by atoms with Gasteiger partial charge in [0.15, 0.2) is 0 Å². The zero-order valence-electron chi connectivity index (χ0n) is 13.3. The van der Waals surface area contributed by atoms with Gasteiger partial charge in [-0.2, -0.15) is 0 Å². The summed E-state index contributed by atoms with van der Waals surface area (Å²) >= 11 is 0. The van der Waals surface area contributed by atoms with E-state index in [4.69, 9.17) is 4.74 Å². The third kappa shape index (κ3) is 2.84. The summed E-state index contributed by atoms with van der Waals surface area (Å²) in [4.78, 5) is 0. The molecule has 0 spiro atoms. The number of fused-ring (bicyclic) bond motifs is 2. The molecule has 0 saturated heterocycles. The second-order valence-electron chi connectivity index (χ2n) is 7.97. The zero-order valence-corrected chi connectivity index (χ0v) is 13.3. The van der Waals surface area contributed by atoms with Crippen LogP contribution in [0.3, 0.4) is 0 Å². The molecule has 2 fully saturated rings. The Bertz CT molecular complexity index is 322. The molecule has 0 heterocycles. The number of hydrogen-bond acceptors (Lipinski definition) is 3. The highest BCUT2D eigenvalue weighted by molar-refractivity contribution is 5.12. The van der Waals surface area contributed by atoms with E-state index < -0.39 is 5.60 Å². The lowest BCUT2D eigenvalue weighted by Crippen LogP contribution is -2.54. The standard InChI is InChI=1S/C16H31NO2/c1-14(2)12-6-7-15(3,10-12)13(14)17-11-16(4,18)8-9-19-5/h12-13,17-18H,6-11H2,1-5H3/t12-,13?,15+,16?/m0/s1. The van der Waals surface area contributed by atoms with Gasteiger partial charge in [0, 0.05) is 32.7 Å². The van der Waals surface area contributed by atoms with Gasteiger partial charge in [0.2, 0.25) is 0 Å². The number of methoxy groups -OCH3 is 1. The van der Waals surface area contributed by atoms with Crippen LogP contribution in [-0.4, -0.2) is 37.0 Å². The van der Waals surface area contributed by atoms with Crippen molar-refractivity contribution in [3.63, 3.8) is 0 Å². The summed E-state index contributed by atoms with van der Waals surface area (Å²) in [6.07, 6.45) is 4.74. The number of rotatable bonds is 6. The minimum Gasteiger partial charge on any atom is -0.389 e. The molecule has 0 aromatic rings. The largest absolute Gasteiger partial charge is 0.389 e. The Morgan fingerprint density at radius 2 is 2.05 bits per heavy atom. The number of ether oxygens (including phenoxy) is 1. The van der Waals surface area contributed by atoms with Gasteiger partial charge >= 0.3 is 0 Å². The SMILES string of the molecule is COCCC(C)(O)CNC1C(C)(C)[C@H]2CC[C@]1(C)C2. The molecule has 2 N–H and O–H groups in total. The van der Waals surface area contributed by atoms with Gasteiger partial charge in [-0.05, 0) is 42.9 Å². The lowest BCUT2D eigenvalue weighted by molar-refractivity contribution is 0.00943. The van der Waals surface area contributed by atoms with Crippen molar-refractivity contribution in [3.8, 4) is 0 Å². The number of nitrogens with one attached hydrogen (secondary N) is 1. The second kappa shape index (κ2) is 5.01. The smallest absolute Gasteiger partial charge is 0.0765 e. The maximum atomic E-state index is 10.4. The quantitative estimate of drug-likeness (QED) is 0.779. The highest BCUT2D eigenvalue weighted by atomic mass is 16.5. The summed E-state index contributed by atoms with van der Waals surface area (Å²) < 4.78 is 5.07. The van der Waals surface area contributed by atoms with Crippen LogP contribution in [0.1, 0.15) is 53.4 Å². The van der Waals surface area contributed by atoms with Crippen LogP contribution in [0, 0.1) is 16.7 Å². The van der Waals surface area contributed by atoms with Gasteiger partial charge in [0.1, 0.15) is 0 Å². The van der Waals surface area contributed by atoms with E-state index in [9.17, 15) is 5.11 Å². The van der Waals surface area contributed by atoms with Crippen molar-refractivity contribution in [2.45, 2.75) is 65.0 Å². The average molecular weight is 269 g/mol. The van der Waals surface area contributed by atoms with Gasteiger partial charge in [-0.3, -0.25) is 0 Å². The molecule has 2 aliphatic carbocycles. The highest BCUT2D eigenvalue weighted by Gasteiger charge is 2.59. The van der Waals surface area contributed by atoms with Gasteiger partial charge in [-0.1, -0.05) is 20.8 Å². The molecule has 0 aliphatic heterocycles. The minimum absolute atomic E-state index is 0.352. The van der Waals surface area contributed by atoms with Crippen molar-refractivity contribution in [1.29, 1.82) is 0 Å². The Balaban J connectivity index is 1.95. The Labute approximate surface area is 118 Å². The first-order chi connectivity index (χ1) is 8.71. The molecule has 2 aliphatic rings. The molecule has 0 radical (unpaired) electrons. The van der Waals surface area contributed by atoms with Crippen LogP contribution in [-0.2, 0) is 4.74 Å². The van der Waals surface area contributed by atoms with Crippen molar-refractivity contribution in [1.82, 2.24) is 5.32 Å². The zero-order chi connectivity index (χ0) is 14.3. The Hall–Kier alpha value is -0.120. The molecule has 2 rings (SSSR count). The van der Waals surface area contributed by atoms with E-state index in [1.807, 2.05) is 6.92 Å². The van der Waals surface area contributed by atoms with Gasteiger partial charge < -0.3 is 15.2 Å². The molecule has 112 valence electrons. The molecule has 0 aromatic heterocycles. The lowest BCUT2D eigenvalue weighted by atomic mass is 9.68. The summed E-state index contributed by atoms with van der Waals surface area (Å²) in [7, 11) is 1.68. The first-order valence-corrected chi connectivity index (χ1v) is 7.66. The molecule has 2 bridgehead atoms. The van der Waals surface area contributed by atoms with E-state index in [1.54, 1.807) is 7.11 Å². The molecular formula is C16H31NO2. The number of aliphatic hydroxyl groups is 1. The van der Waals surface area contributed by atoms with Crippen LogP contribution in [0.5, 0.6) is 0 Å². The second-order valence-corrected chi connectivity index (χ2v) is 7.97. The Morgan fingerprint density at radius 1 is 1.37 bits per heavy atom. The normalized spacial score (nSPS) is 39.5. The van der Waals surface area contributed by atoms with E-state index in [-0.39, 0.29) is 0 Å². The van der Waals surface area contributed by atoms with E-state index >= 15 is 0 Å². The summed E-state index contributed by atoms with van der Waals surface area (Å²) in [6.45, 7) is 10.4. The lowest BCUT2D eigenvalue weighted by Gasteiger charge is -2.44. The predicted octanol–water partition coefficient (Wildman–Crippen LogP) is 2.58. The molecule has 0 amide bonds. The first kappa shape index (κ1) is 15.3. The van der Waals surface area contributed by atoms with Gasteiger partial charge in [0.25, 0.3) is 0 Å². The van der Waals surface area contributed by atoms with E-state index in [2.05, 4.69) is 26.1 Å². The molecule has 2 saturated carbocycles. The number of hydrogen-bond donors (Lipinski definition) is 2. The van der Waals surface area contributed by atoms with Crippen LogP contribution in [0.2, 0.25) is 0 Å². The van der Waals surface area contributed by atoms with Crippen LogP contribution in [0.25, 0.3) is 0 Å². The molecule has 3 heteroatoms. The maximum Gasteiger partial charge on any atom is 0.0765 e. The summed E-state index contributed by atoms with van der Waals surface area (Å²) in [5.41, 5.74) is 0.0973. The van der Waals surface area contributed by atoms with E-state index in [0.717, 1.165) is 5.92 Å². The first-order valence-electron chi connectivity index (χ1n) is 7.66. The Morgan fingerprint density at radius 3 is 2.58 bits per heavy atom. The van der Waals surface area contributed by atoms with E-state index in [0.29, 0.717) is 36.4 Å². The predicted molar refractivity (Wildman–Crippen MR) is 78.1 cm³/mol. The van der Waals surface area contributed by atoms with Gasteiger partial charge in [-0.25, -0.2) is 0 Å². The maximum absolute atomic E-state index is 10.4. The fraction of sp³-hybridized carbons (Fsp3) is 1.00. The summed E-state index contributed by atoms with van der Waals surface area (Å²) in [5, 5.41) is 14.1. The Kier molecular flexibility index (Phi) is 4.03. The monoisotopic (exact) mass is 269 g/mol. The summed E-state index contributed by atoms with van der Waals surface area (Å²) in [6, 6.07) is 0.521. The third-order valence-corrected chi connectivity index (χ3v) is 5.80. The van der Waals surface area contributed by atoms with Crippen LogP contribution >= 0.6 is 0 Å². The molecular weight excluding hydrogens is 238 g/mol. The van der Waals surface area contributed by atoms with Crippen molar-refractivity contribution < 1.29 is 9.84 Å². The van der Waals surface area contributed by atoms with Crippen molar-refractivity contribution >= 4 is 0 Å². The van der Waals surface area contributed by atoms with Gasteiger partial charge in [-0.15, -0.1) is 0 Å². The average Bonchev–Trinajstić information content (AvgIpc) is 2.77. The van der Waals surface area contributed by atoms with Crippen molar-refractivity contribution in [2.75, 3.05) is 20.3 Å². The molecule has 19 heavy (non-hydrogen) atoms. The van der Waals surface area contributed by atoms with Crippen LogP contribution in [0.4, 0.5) is 0 Å². The fourth-order valence-electron chi connectivity index (χ4n) is 4.54. The van der Waals surface area contributed by atoms with Crippen molar-refractivity contribution in [3.05, 3.63) is 0 Å². The van der Waals surface area contributed by atoms with Crippen molar-refractivity contribution in [2.24, 2.45) is 16.7 Å². The molecule has 0 aromatic carbocycles. The molecule has 4 atom stereocenters. The highest BCUT2D eigenvalue weighted by Crippen LogP contribution is 2.62. The van der Waals surface area contributed by atoms with E-state index in [1.165, 1.54) is 19.3 Å².